The summed E-state index contributed by atoms with van der Waals surface area (Å²) in [4.78, 5) is 0.202. The Morgan fingerprint density at radius 2 is 1.94 bits per heavy atom. The van der Waals surface area contributed by atoms with Crippen molar-refractivity contribution in [2.24, 2.45) is 0 Å². The monoisotopic (exact) mass is 266 g/mol. The zero-order valence-electron chi connectivity index (χ0n) is 10.4. The molecule has 2 aromatic rings. The van der Waals surface area contributed by atoms with Crippen LogP contribution >= 0.6 is 0 Å². The van der Waals surface area contributed by atoms with Crippen LogP contribution in [0.15, 0.2) is 35.5 Å². The van der Waals surface area contributed by atoms with Crippen LogP contribution < -0.4 is 4.74 Å². The van der Waals surface area contributed by atoms with Gasteiger partial charge in [-0.15, -0.1) is 0 Å². The molecule has 1 heterocycles. The van der Waals surface area contributed by atoms with E-state index in [-0.39, 0.29) is 4.90 Å². The second kappa shape index (κ2) is 4.45. The van der Waals surface area contributed by atoms with E-state index in [0.29, 0.717) is 11.3 Å². The molecule has 0 bridgehead atoms. The molecule has 1 aromatic heterocycles. The molecule has 0 saturated heterocycles. The smallest absolute Gasteiger partial charge is 0.283 e. The molecule has 2 rings (SSSR count). The van der Waals surface area contributed by atoms with Crippen molar-refractivity contribution in [3.63, 3.8) is 0 Å². The van der Waals surface area contributed by atoms with E-state index in [4.69, 9.17) is 4.74 Å². The van der Waals surface area contributed by atoms with Crippen LogP contribution in [0.3, 0.4) is 0 Å². The molecule has 0 atom stereocenters. The molecule has 0 saturated carbocycles. The number of hydrogen-bond acceptors (Lipinski definition) is 4. The minimum atomic E-state index is -3.65. The molecule has 5 nitrogen and oxygen atoms in total. The van der Waals surface area contributed by atoms with Crippen molar-refractivity contribution < 1.29 is 13.2 Å². The average molecular weight is 266 g/mol. The Labute approximate surface area is 106 Å². The lowest BCUT2D eigenvalue weighted by Gasteiger charge is -2.11. The Balaban J connectivity index is 2.65. The van der Waals surface area contributed by atoms with Crippen LogP contribution in [0, 0.1) is 13.8 Å². The molecule has 0 radical (unpaired) electrons. The van der Waals surface area contributed by atoms with Crippen LogP contribution in [-0.2, 0) is 10.0 Å². The van der Waals surface area contributed by atoms with Gasteiger partial charge in [0.1, 0.15) is 5.75 Å². The Hall–Kier alpha value is -1.82. The van der Waals surface area contributed by atoms with Crippen LogP contribution in [0.4, 0.5) is 0 Å². The van der Waals surface area contributed by atoms with Crippen LogP contribution in [0.5, 0.6) is 5.75 Å². The highest BCUT2D eigenvalue weighted by atomic mass is 32.2. The maximum Gasteiger partial charge on any atom is 0.283 e. The summed E-state index contributed by atoms with van der Waals surface area (Å²) in [6.45, 7) is 3.62. The second-order valence-corrected chi connectivity index (χ2v) is 5.74. The Kier molecular flexibility index (Phi) is 3.13. The molecule has 0 aliphatic carbocycles. The summed E-state index contributed by atoms with van der Waals surface area (Å²) in [5.74, 6) is 0.548. The van der Waals surface area contributed by atoms with Gasteiger partial charge in [-0.1, -0.05) is 6.07 Å². The van der Waals surface area contributed by atoms with Gasteiger partial charge in [-0.3, -0.25) is 0 Å². The molecule has 0 aliphatic heterocycles. The minimum Gasteiger partial charge on any atom is -0.496 e. The van der Waals surface area contributed by atoms with Gasteiger partial charge >= 0.3 is 0 Å². The molecular weight excluding hydrogens is 252 g/mol. The lowest BCUT2D eigenvalue weighted by atomic mass is 10.1. The third-order valence-electron chi connectivity index (χ3n) is 2.70. The van der Waals surface area contributed by atoms with E-state index < -0.39 is 10.0 Å². The summed E-state index contributed by atoms with van der Waals surface area (Å²) < 4.78 is 30.8. The van der Waals surface area contributed by atoms with Crippen molar-refractivity contribution in [3.05, 3.63) is 41.7 Å². The van der Waals surface area contributed by atoms with Crippen molar-refractivity contribution in [1.82, 2.24) is 9.19 Å². The van der Waals surface area contributed by atoms with Gasteiger partial charge in [0.15, 0.2) is 0 Å². The number of aromatic nitrogens is 2. The molecule has 0 aliphatic rings. The van der Waals surface area contributed by atoms with Crippen molar-refractivity contribution >= 4 is 10.0 Å². The lowest BCUT2D eigenvalue weighted by Crippen LogP contribution is -2.15. The van der Waals surface area contributed by atoms with Crippen LogP contribution in [-0.4, -0.2) is 24.7 Å². The predicted octanol–water partition coefficient (Wildman–Crippen LogP) is 1.75. The first-order valence-corrected chi connectivity index (χ1v) is 6.81. The van der Waals surface area contributed by atoms with Gasteiger partial charge in [-0.05, 0) is 31.0 Å². The fourth-order valence-electron chi connectivity index (χ4n) is 1.81. The van der Waals surface area contributed by atoms with Gasteiger partial charge < -0.3 is 4.74 Å². The number of aryl methyl sites for hydroxylation is 2. The molecule has 0 unspecified atom stereocenters. The molecular formula is C12H14N2O3S. The number of methoxy groups -OCH3 is 1. The first-order chi connectivity index (χ1) is 8.46. The van der Waals surface area contributed by atoms with Crippen LogP contribution in [0.25, 0.3) is 0 Å². The normalized spacial score (nSPS) is 11.5. The first kappa shape index (κ1) is 12.6. The highest BCUT2D eigenvalue weighted by molar-refractivity contribution is 7.89. The fourth-order valence-corrected chi connectivity index (χ4v) is 3.14. The Bertz CT molecular complexity index is 661. The maximum atomic E-state index is 12.3. The van der Waals surface area contributed by atoms with E-state index in [1.54, 1.807) is 19.1 Å². The zero-order chi connectivity index (χ0) is 13.3. The number of benzene rings is 1. The summed E-state index contributed by atoms with van der Waals surface area (Å²) in [5.41, 5.74) is 1.57. The summed E-state index contributed by atoms with van der Waals surface area (Å²) >= 11 is 0. The Morgan fingerprint density at radius 1 is 1.22 bits per heavy atom. The highest BCUT2D eigenvalue weighted by Gasteiger charge is 2.21. The quantitative estimate of drug-likeness (QED) is 0.849. The van der Waals surface area contributed by atoms with Gasteiger partial charge in [0.2, 0.25) is 0 Å². The molecule has 0 fully saturated rings. The van der Waals surface area contributed by atoms with E-state index in [0.717, 1.165) is 9.65 Å². The van der Waals surface area contributed by atoms with E-state index in [9.17, 15) is 8.42 Å². The highest BCUT2D eigenvalue weighted by Crippen LogP contribution is 2.26. The van der Waals surface area contributed by atoms with Crippen molar-refractivity contribution in [1.29, 1.82) is 0 Å². The fraction of sp³-hybridized carbons (Fsp3) is 0.250. The van der Waals surface area contributed by atoms with E-state index >= 15 is 0 Å². The lowest BCUT2D eigenvalue weighted by molar-refractivity contribution is 0.410. The number of nitrogens with zero attached hydrogens (tertiary/aromatic N) is 2. The summed E-state index contributed by atoms with van der Waals surface area (Å²) in [5, 5.41) is 3.77. The number of ether oxygens (including phenoxy) is 1. The summed E-state index contributed by atoms with van der Waals surface area (Å²) in [7, 11) is -2.13. The molecule has 18 heavy (non-hydrogen) atoms. The molecule has 96 valence electrons. The molecule has 6 heteroatoms. The van der Waals surface area contributed by atoms with Crippen molar-refractivity contribution in [2.45, 2.75) is 18.7 Å². The van der Waals surface area contributed by atoms with Gasteiger partial charge in [0.25, 0.3) is 10.0 Å². The largest absolute Gasteiger partial charge is 0.496 e. The Morgan fingerprint density at radius 3 is 2.50 bits per heavy atom. The van der Waals surface area contributed by atoms with Gasteiger partial charge in [0.05, 0.1) is 18.2 Å². The van der Waals surface area contributed by atoms with Crippen LogP contribution in [0.2, 0.25) is 0 Å². The van der Waals surface area contributed by atoms with Gasteiger partial charge in [-0.2, -0.15) is 17.6 Å². The topological polar surface area (TPSA) is 61.2 Å². The summed E-state index contributed by atoms with van der Waals surface area (Å²) in [6.07, 6.45) is 2.83. The number of rotatable bonds is 3. The zero-order valence-corrected chi connectivity index (χ0v) is 11.2. The molecule has 0 spiro atoms. The molecule has 1 aromatic carbocycles. The van der Waals surface area contributed by atoms with E-state index in [1.807, 2.05) is 6.92 Å². The van der Waals surface area contributed by atoms with Gasteiger partial charge in [0, 0.05) is 12.3 Å². The summed E-state index contributed by atoms with van der Waals surface area (Å²) in [6, 6.07) is 4.88. The second-order valence-electron chi connectivity index (χ2n) is 3.97. The minimum absolute atomic E-state index is 0.202. The third-order valence-corrected chi connectivity index (χ3v) is 4.40. The third kappa shape index (κ3) is 1.99. The van der Waals surface area contributed by atoms with Gasteiger partial charge in [-0.25, -0.2) is 0 Å². The van der Waals surface area contributed by atoms with Crippen molar-refractivity contribution in [2.75, 3.05) is 7.11 Å². The number of hydrogen-bond donors (Lipinski definition) is 0. The average Bonchev–Trinajstić information content (AvgIpc) is 2.82. The first-order valence-electron chi connectivity index (χ1n) is 5.37. The predicted molar refractivity (Wildman–Crippen MR) is 67.3 cm³/mol. The van der Waals surface area contributed by atoms with E-state index in [1.165, 1.54) is 25.6 Å². The maximum absolute atomic E-state index is 12.3. The van der Waals surface area contributed by atoms with Crippen molar-refractivity contribution in [3.8, 4) is 5.75 Å². The molecule has 0 N–H and O–H groups in total. The van der Waals surface area contributed by atoms with E-state index in [2.05, 4.69) is 5.10 Å². The standard InChI is InChI=1S/C12H14N2O3S/c1-9-7-10(2)12(8-11(9)17-3)18(15,16)14-6-4-5-13-14/h4-8H,1-3H3. The molecule has 0 amide bonds. The van der Waals surface area contributed by atoms with Crippen LogP contribution in [0.1, 0.15) is 11.1 Å². The SMILES string of the molecule is COc1cc(S(=O)(=O)n2cccn2)c(C)cc1C.